The van der Waals surface area contributed by atoms with Gasteiger partial charge in [-0.3, -0.25) is 0 Å². The van der Waals surface area contributed by atoms with Gasteiger partial charge in [0.15, 0.2) is 0 Å². The summed E-state index contributed by atoms with van der Waals surface area (Å²) in [5, 5.41) is 0. The summed E-state index contributed by atoms with van der Waals surface area (Å²) in [5.74, 6) is 0.696. The highest BCUT2D eigenvalue weighted by molar-refractivity contribution is 8.13. The van der Waals surface area contributed by atoms with Crippen LogP contribution in [0.2, 0.25) is 0 Å². The first-order valence-corrected chi connectivity index (χ1v) is 8.38. The number of ether oxygens (including phenoxy) is 1. The lowest BCUT2D eigenvalue weighted by Gasteiger charge is -2.27. The zero-order valence-corrected chi connectivity index (χ0v) is 11.6. The fourth-order valence-corrected chi connectivity index (χ4v) is 3.64. The van der Waals surface area contributed by atoms with Crippen LogP contribution in [0.1, 0.15) is 39.5 Å². The molecule has 0 aromatic heterocycles. The second-order valence-electron chi connectivity index (χ2n) is 5.04. The predicted octanol–water partition coefficient (Wildman–Crippen LogP) is 2.79. The number of hydrogen-bond donors (Lipinski definition) is 0. The van der Waals surface area contributed by atoms with Crippen LogP contribution < -0.4 is 0 Å². The van der Waals surface area contributed by atoms with E-state index in [0.29, 0.717) is 12.7 Å². The molecule has 0 bridgehead atoms. The van der Waals surface area contributed by atoms with E-state index in [9.17, 15) is 8.42 Å². The van der Waals surface area contributed by atoms with Crippen LogP contribution in [0.4, 0.5) is 0 Å². The maximum atomic E-state index is 10.9. The van der Waals surface area contributed by atoms with E-state index >= 15 is 0 Å². The van der Waals surface area contributed by atoms with Crippen molar-refractivity contribution in [1.82, 2.24) is 0 Å². The monoisotopic (exact) mass is 268 g/mol. The molecule has 1 aliphatic carbocycles. The average Bonchev–Trinajstić information content (AvgIpc) is 2.12. The molecular formula is C11H21ClO3S. The Morgan fingerprint density at radius 1 is 1.44 bits per heavy atom. The lowest BCUT2D eigenvalue weighted by atomic mass is 9.89. The molecule has 0 heterocycles. The summed E-state index contributed by atoms with van der Waals surface area (Å²) >= 11 is 0. The molecule has 1 aliphatic rings. The average molecular weight is 269 g/mol. The minimum absolute atomic E-state index is 0.00315. The third-order valence-electron chi connectivity index (χ3n) is 2.99. The first-order valence-electron chi connectivity index (χ1n) is 5.90. The van der Waals surface area contributed by atoms with Crippen molar-refractivity contribution in [1.29, 1.82) is 0 Å². The highest BCUT2D eigenvalue weighted by Gasteiger charge is 2.21. The van der Waals surface area contributed by atoms with Gasteiger partial charge in [-0.15, -0.1) is 0 Å². The molecule has 16 heavy (non-hydrogen) atoms. The molecule has 3 atom stereocenters. The van der Waals surface area contributed by atoms with Gasteiger partial charge in [-0.2, -0.15) is 0 Å². The van der Waals surface area contributed by atoms with E-state index in [4.69, 9.17) is 15.4 Å². The molecule has 0 aliphatic heterocycles. The molecule has 0 aromatic carbocycles. The fraction of sp³-hybridized carbons (Fsp3) is 1.00. The summed E-state index contributed by atoms with van der Waals surface area (Å²) in [4.78, 5) is 0. The zero-order chi connectivity index (χ0) is 12.2. The first kappa shape index (κ1) is 14.3. The lowest BCUT2D eigenvalue weighted by molar-refractivity contribution is 0.00270. The van der Waals surface area contributed by atoms with Crippen LogP contribution in [-0.2, 0) is 13.8 Å². The van der Waals surface area contributed by atoms with Crippen molar-refractivity contribution in [3.8, 4) is 0 Å². The Labute approximate surface area is 103 Å². The molecular weight excluding hydrogens is 248 g/mol. The normalized spacial score (nSPS) is 28.9. The highest BCUT2D eigenvalue weighted by atomic mass is 35.7. The van der Waals surface area contributed by atoms with Crippen LogP contribution in [0.5, 0.6) is 0 Å². The Morgan fingerprint density at radius 3 is 2.69 bits per heavy atom. The van der Waals surface area contributed by atoms with E-state index in [2.05, 4.69) is 6.92 Å². The Hall–Kier alpha value is 0.200. The summed E-state index contributed by atoms with van der Waals surface area (Å²) in [5.41, 5.74) is 0. The second kappa shape index (κ2) is 6.22. The lowest BCUT2D eigenvalue weighted by Crippen LogP contribution is -2.25. The van der Waals surface area contributed by atoms with E-state index in [1.165, 1.54) is 12.8 Å². The van der Waals surface area contributed by atoms with Crippen LogP contribution in [-0.4, -0.2) is 26.9 Å². The SMILES string of the molecule is CC1CCCC(OCC(C)CS(=O)(=O)Cl)C1. The molecule has 5 heteroatoms. The Kier molecular flexibility index (Phi) is 5.54. The topological polar surface area (TPSA) is 43.4 Å². The van der Waals surface area contributed by atoms with Gasteiger partial charge in [0.1, 0.15) is 0 Å². The minimum atomic E-state index is -3.39. The molecule has 3 unspecified atom stereocenters. The van der Waals surface area contributed by atoms with E-state index in [-0.39, 0.29) is 11.7 Å². The van der Waals surface area contributed by atoms with Gasteiger partial charge in [0.25, 0.3) is 0 Å². The van der Waals surface area contributed by atoms with Gasteiger partial charge < -0.3 is 4.74 Å². The van der Waals surface area contributed by atoms with Gasteiger partial charge in [0, 0.05) is 10.7 Å². The van der Waals surface area contributed by atoms with Gasteiger partial charge in [0.2, 0.25) is 9.05 Å². The molecule has 1 rings (SSSR count). The molecule has 0 aromatic rings. The standard InChI is InChI=1S/C11H21ClO3S/c1-9-4-3-5-11(6-9)15-7-10(2)8-16(12,13)14/h9-11H,3-8H2,1-2H3. The molecule has 0 radical (unpaired) electrons. The molecule has 1 saturated carbocycles. The Bertz CT molecular complexity index is 302. The number of halogens is 1. The van der Waals surface area contributed by atoms with Gasteiger partial charge in [-0.25, -0.2) is 8.42 Å². The van der Waals surface area contributed by atoms with Gasteiger partial charge in [0.05, 0.1) is 18.5 Å². The van der Waals surface area contributed by atoms with E-state index in [1.807, 2.05) is 6.92 Å². The largest absolute Gasteiger partial charge is 0.378 e. The Balaban J connectivity index is 2.23. The van der Waals surface area contributed by atoms with Crippen molar-refractivity contribution in [2.24, 2.45) is 11.8 Å². The summed E-state index contributed by atoms with van der Waals surface area (Å²) in [6, 6.07) is 0. The van der Waals surface area contributed by atoms with Crippen LogP contribution in [0.25, 0.3) is 0 Å². The molecule has 96 valence electrons. The molecule has 0 amide bonds. The quantitative estimate of drug-likeness (QED) is 0.720. The maximum absolute atomic E-state index is 10.9. The van der Waals surface area contributed by atoms with Crippen LogP contribution >= 0.6 is 10.7 Å². The third kappa shape index (κ3) is 6.06. The third-order valence-corrected chi connectivity index (χ3v) is 4.33. The van der Waals surface area contributed by atoms with Crippen molar-refractivity contribution in [2.75, 3.05) is 12.4 Å². The van der Waals surface area contributed by atoms with Crippen molar-refractivity contribution in [3.05, 3.63) is 0 Å². The van der Waals surface area contributed by atoms with Gasteiger partial charge >= 0.3 is 0 Å². The number of rotatable bonds is 5. The summed E-state index contributed by atoms with van der Waals surface area (Å²) in [6.07, 6.45) is 5.01. The van der Waals surface area contributed by atoms with Crippen molar-refractivity contribution < 1.29 is 13.2 Å². The van der Waals surface area contributed by atoms with Crippen LogP contribution in [0.3, 0.4) is 0 Å². The number of hydrogen-bond acceptors (Lipinski definition) is 3. The maximum Gasteiger partial charge on any atom is 0.232 e. The van der Waals surface area contributed by atoms with E-state index in [1.54, 1.807) is 0 Å². The van der Waals surface area contributed by atoms with Gasteiger partial charge in [-0.05, 0) is 24.7 Å². The smallest absolute Gasteiger partial charge is 0.232 e. The summed E-state index contributed by atoms with van der Waals surface area (Å²) in [7, 11) is 1.79. The Morgan fingerprint density at radius 2 is 2.12 bits per heavy atom. The van der Waals surface area contributed by atoms with Crippen LogP contribution in [0.15, 0.2) is 0 Å². The zero-order valence-electron chi connectivity index (χ0n) is 9.99. The van der Waals surface area contributed by atoms with Crippen molar-refractivity contribution in [2.45, 2.75) is 45.6 Å². The fourth-order valence-electron chi connectivity index (χ4n) is 2.22. The molecule has 3 nitrogen and oxygen atoms in total. The van der Waals surface area contributed by atoms with Gasteiger partial charge in [-0.1, -0.05) is 26.7 Å². The minimum Gasteiger partial charge on any atom is -0.378 e. The van der Waals surface area contributed by atoms with E-state index < -0.39 is 9.05 Å². The molecule has 0 N–H and O–H groups in total. The molecule has 1 fully saturated rings. The molecule has 0 spiro atoms. The predicted molar refractivity (Wildman–Crippen MR) is 66.2 cm³/mol. The molecule has 0 saturated heterocycles. The second-order valence-corrected chi connectivity index (χ2v) is 7.86. The summed E-state index contributed by atoms with van der Waals surface area (Å²) < 4.78 is 27.4. The first-order chi connectivity index (χ1) is 7.37. The van der Waals surface area contributed by atoms with Crippen molar-refractivity contribution >= 4 is 19.7 Å². The van der Waals surface area contributed by atoms with E-state index in [0.717, 1.165) is 18.8 Å². The highest BCUT2D eigenvalue weighted by Crippen LogP contribution is 2.26. The van der Waals surface area contributed by atoms with Crippen LogP contribution in [0, 0.1) is 11.8 Å². The van der Waals surface area contributed by atoms with Crippen molar-refractivity contribution in [3.63, 3.8) is 0 Å². The summed E-state index contributed by atoms with van der Waals surface area (Å²) in [6.45, 7) is 4.58.